The van der Waals surface area contributed by atoms with E-state index >= 15 is 0 Å². The Hall–Kier alpha value is -2.88. The molecule has 0 aliphatic heterocycles. The number of rotatable bonds is 6. The molecule has 0 fully saturated rings. The predicted octanol–water partition coefficient (Wildman–Crippen LogP) is 5.12. The van der Waals surface area contributed by atoms with Crippen molar-refractivity contribution >= 4 is 34.8 Å². The van der Waals surface area contributed by atoms with Crippen LogP contribution in [-0.2, 0) is 11.3 Å². The number of aryl methyl sites for hydroxylation is 3. The molecule has 2 aromatic carbocycles. The fourth-order valence-electron chi connectivity index (χ4n) is 3.29. The third kappa shape index (κ3) is 4.99. The maximum Gasteiger partial charge on any atom is 0.248 e. The number of nitriles is 1. The van der Waals surface area contributed by atoms with Crippen LogP contribution >= 0.6 is 23.2 Å². The molecular weight excluding hydrogens is 421 g/mol. The van der Waals surface area contributed by atoms with Crippen molar-refractivity contribution in [2.45, 2.75) is 33.7 Å². The Balaban J connectivity index is 1.94. The second-order valence-corrected chi connectivity index (χ2v) is 7.88. The molecule has 0 aliphatic carbocycles. The summed E-state index contributed by atoms with van der Waals surface area (Å²) in [7, 11) is 0. The maximum atomic E-state index is 13.2. The molecule has 0 radical (unpaired) electrons. The van der Waals surface area contributed by atoms with E-state index in [0.717, 1.165) is 16.8 Å². The summed E-state index contributed by atoms with van der Waals surface area (Å²) in [5.41, 5.74) is 3.58. The van der Waals surface area contributed by atoms with Gasteiger partial charge in [-0.3, -0.25) is 4.79 Å². The monoisotopic (exact) mass is 441 g/mol. The molecule has 154 valence electrons. The standard InChI is InChI=1S/C22H21Cl2N5O/c1-14-9-15(2)11-18(10-14)28(8-4-7-25)21(30)13-29-22(26-16(3)27-29)17-5-6-19(23)20(24)12-17/h5-6,9-12H,4,8,13H2,1-3H3. The van der Waals surface area contributed by atoms with Gasteiger partial charge in [0.25, 0.3) is 0 Å². The second kappa shape index (κ2) is 9.29. The van der Waals surface area contributed by atoms with Crippen molar-refractivity contribution in [1.29, 1.82) is 5.26 Å². The summed E-state index contributed by atoms with van der Waals surface area (Å²) in [6.45, 7) is 6.00. The van der Waals surface area contributed by atoms with Gasteiger partial charge in [0.05, 0.1) is 22.5 Å². The molecule has 0 bridgehead atoms. The quantitative estimate of drug-likeness (QED) is 0.531. The van der Waals surface area contributed by atoms with Gasteiger partial charge in [-0.05, 0) is 62.2 Å². The van der Waals surface area contributed by atoms with E-state index in [1.54, 1.807) is 34.7 Å². The van der Waals surface area contributed by atoms with Crippen molar-refractivity contribution in [3.8, 4) is 17.5 Å². The normalized spacial score (nSPS) is 10.7. The molecule has 0 spiro atoms. The van der Waals surface area contributed by atoms with E-state index in [9.17, 15) is 4.79 Å². The number of nitrogens with zero attached hydrogens (tertiary/aromatic N) is 5. The van der Waals surface area contributed by atoms with Gasteiger partial charge in [-0.2, -0.15) is 10.4 Å². The maximum absolute atomic E-state index is 13.2. The van der Waals surface area contributed by atoms with Crippen LogP contribution in [0.3, 0.4) is 0 Å². The summed E-state index contributed by atoms with van der Waals surface area (Å²) in [6, 6.07) is 13.2. The third-order valence-electron chi connectivity index (χ3n) is 4.51. The smallest absolute Gasteiger partial charge is 0.248 e. The topological polar surface area (TPSA) is 74.8 Å². The first-order valence-electron chi connectivity index (χ1n) is 9.41. The van der Waals surface area contributed by atoms with Crippen LogP contribution in [0.1, 0.15) is 23.4 Å². The van der Waals surface area contributed by atoms with Gasteiger partial charge >= 0.3 is 0 Å². The Morgan fingerprint density at radius 2 is 1.80 bits per heavy atom. The van der Waals surface area contributed by atoms with Crippen molar-refractivity contribution in [3.05, 3.63) is 63.4 Å². The van der Waals surface area contributed by atoms with Crippen molar-refractivity contribution < 1.29 is 4.79 Å². The Bertz CT molecular complexity index is 1110. The highest BCUT2D eigenvalue weighted by Crippen LogP contribution is 2.28. The Labute approximate surface area is 185 Å². The summed E-state index contributed by atoms with van der Waals surface area (Å²) in [4.78, 5) is 19.3. The average molecular weight is 442 g/mol. The number of carbonyl (C=O) groups excluding carboxylic acids is 1. The molecule has 30 heavy (non-hydrogen) atoms. The highest BCUT2D eigenvalue weighted by molar-refractivity contribution is 6.42. The number of amides is 1. The zero-order chi connectivity index (χ0) is 21.8. The van der Waals surface area contributed by atoms with Gasteiger partial charge in [0.1, 0.15) is 12.4 Å². The highest BCUT2D eigenvalue weighted by Gasteiger charge is 2.20. The minimum Gasteiger partial charge on any atom is -0.310 e. The fraction of sp³-hybridized carbons (Fsp3) is 0.273. The summed E-state index contributed by atoms with van der Waals surface area (Å²) in [6.07, 6.45) is 0.231. The summed E-state index contributed by atoms with van der Waals surface area (Å²) < 4.78 is 1.55. The van der Waals surface area contributed by atoms with Crippen LogP contribution in [-0.4, -0.2) is 27.2 Å². The first kappa shape index (κ1) is 21.8. The van der Waals surface area contributed by atoms with Gasteiger partial charge in [-0.1, -0.05) is 29.3 Å². The molecule has 0 N–H and O–H groups in total. The molecule has 0 aliphatic rings. The molecular formula is C22H21Cl2N5O. The molecule has 6 nitrogen and oxygen atoms in total. The number of hydrogen-bond acceptors (Lipinski definition) is 4. The Morgan fingerprint density at radius 3 is 2.43 bits per heavy atom. The third-order valence-corrected chi connectivity index (χ3v) is 5.25. The van der Waals surface area contributed by atoms with E-state index in [1.165, 1.54) is 0 Å². The predicted molar refractivity (Wildman–Crippen MR) is 119 cm³/mol. The molecule has 0 saturated carbocycles. The fourth-order valence-corrected chi connectivity index (χ4v) is 3.59. The van der Waals surface area contributed by atoms with E-state index in [0.29, 0.717) is 33.8 Å². The average Bonchev–Trinajstić information content (AvgIpc) is 3.03. The van der Waals surface area contributed by atoms with E-state index in [1.807, 2.05) is 32.0 Å². The van der Waals surface area contributed by atoms with Crippen molar-refractivity contribution in [3.63, 3.8) is 0 Å². The molecule has 0 unspecified atom stereocenters. The van der Waals surface area contributed by atoms with Crippen molar-refractivity contribution in [2.24, 2.45) is 0 Å². The number of benzene rings is 2. The van der Waals surface area contributed by atoms with E-state index < -0.39 is 0 Å². The van der Waals surface area contributed by atoms with Crippen LogP contribution in [0.25, 0.3) is 11.4 Å². The lowest BCUT2D eigenvalue weighted by atomic mass is 10.1. The van der Waals surface area contributed by atoms with Crippen molar-refractivity contribution in [1.82, 2.24) is 14.8 Å². The van der Waals surface area contributed by atoms with Crippen molar-refractivity contribution in [2.75, 3.05) is 11.4 Å². The number of anilines is 1. The SMILES string of the molecule is Cc1cc(C)cc(N(CCC#N)C(=O)Cn2nc(C)nc2-c2ccc(Cl)c(Cl)c2)c1. The summed E-state index contributed by atoms with van der Waals surface area (Å²) in [5.74, 6) is 0.889. The second-order valence-electron chi connectivity index (χ2n) is 7.07. The lowest BCUT2D eigenvalue weighted by Crippen LogP contribution is -2.35. The van der Waals surface area contributed by atoms with Crippen LogP contribution in [0.2, 0.25) is 10.0 Å². The lowest BCUT2D eigenvalue weighted by Gasteiger charge is -2.23. The number of aromatic nitrogens is 3. The molecule has 0 atom stereocenters. The Morgan fingerprint density at radius 1 is 1.10 bits per heavy atom. The molecule has 3 aromatic rings. The zero-order valence-electron chi connectivity index (χ0n) is 17.0. The van der Waals surface area contributed by atoms with E-state index in [-0.39, 0.29) is 18.9 Å². The van der Waals surface area contributed by atoms with Gasteiger partial charge in [-0.25, -0.2) is 9.67 Å². The largest absolute Gasteiger partial charge is 0.310 e. The van der Waals surface area contributed by atoms with Gasteiger partial charge < -0.3 is 4.90 Å². The van der Waals surface area contributed by atoms with Crippen LogP contribution in [0, 0.1) is 32.1 Å². The lowest BCUT2D eigenvalue weighted by molar-refractivity contribution is -0.119. The van der Waals surface area contributed by atoms with Crippen LogP contribution in [0.5, 0.6) is 0 Å². The first-order chi connectivity index (χ1) is 14.3. The molecule has 8 heteroatoms. The highest BCUT2D eigenvalue weighted by atomic mass is 35.5. The molecule has 1 aromatic heterocycles. The van der Waals surface area contributed by atoms with E-state index in [2.05, 4.69) is 16.2 Å². The number of halogens is 2. The summed E-state index contributed by atoms with van der Waals surface area (Å²) in [5, 5.41) is 14.3. The zero-order valence-corrected chi connectivity index (χ0v) is 18.5. The minimum absolute atomic E-state index is 0.0190. The number of hydrogen-bond donors (Lipinski definition) is 0. The van der Waals surface area contributed by atoms with Crippen LogP contribution in [0.4, 0.5) is 5.69 Å². The number of carbonyl (C=O) groups is 1. The van der Waals surface area contributed by atoms with Gasteiger partial charge in [0.15, 0.2) is 5.82 Å². The van der Waals surface area contributed by atoms with Gasteiger partial charge in [0, 0.05) is 17.8 Å². The van der Waals surface area contributed by atoms with Crippen LogP contribution < -0.4 is 4.90 Å². The molecule has 0 saturated heterocycles. The molecule has 1 heterocycles. The molecule has 3 rings (SSSR count). The summed E-state index contributed by atoms with van der Waals surface area (Å²) >= 11 is 12.2. The molecule has 1 amide bonds. The minimum atomic E-state index is -0.179. The first-order valence-corrected chi connectivity index (χ1v) is 10.2. The Kier molecular flexibility index (Phi) is 6.76. The van der Waals surface area contributed by atoms with Gasteiger partial charge in [0.2, 0.25) is 5.91 Å². The van der Waals surface area contributed by atoms with Crippen LogP contribution in [0.15, 0.2) is 36.4 Å². The van der Waals surface area contributed by atoms with E-state index in [4.69, 9.17) is 28.5 Å². The van der Waals surface area contributed by atoms with Gasteiger partial charge in [-0.15, -0.1) is 0 Å².